The number of carbonyl (C=O) groups is 2. The fraction of sp³-hybridized carbons (Fsp3) is 0.429. The number of para-hydroxylation sites is 1. The minimum Gasteiger partial charge on any atom is -0.492 e. The molecule has 5 nitrogen and oxygen atoms in total. The third kappa shape index (κ3) is 5.93. The molecule has 0 atom stereocenters. The molecule has 0 aliphatic carbocycles. The maximum Gasteiger partial charge on any atom is 0.241 e. The van der Waals surface area contributed by atoms with Gasteiger partial charge in [0.2, 0.25) is 11.8 Å². The average Bonchev–Trinajstić information content (AvgIpc) is 2.42. The number of likely N-dealkylation sites (N-methyl/N-ethyl adjacent to an activating group) is 1. The molecular weight excluding hydrogens is 280 g/mol. The Morgan fingerprint density at radius 2 is 2.00 bits per heavy atom. The molecule has 0 fully saturated rings. The Balaban J connectivity index is 2.17. The molecule has 20 heavy (non-hydrogen) atoms. The van der Waals surface area contributed by atoms with E-state index in [1.807, 2.05) is 12.1 Å². The van der Waals surface area contributed by atoms with Crippen molar-refractivity contribution in [2.75, 3.05) is 27.2 Å². The van der Waals surface area contributed by atoms with E-state index >= 15 is 0 Å². The van der Waals surface area contributed by atoms with Gasteiger partial charge in [0.1, 0.15) is 5.75 Å². The number of benzene rings is 1. The largest absolute Gasteiger partial charge is 0.492 e. The van der Waals surface area contributed by atoms with Crippen molar-refractivity contribution in [2.45, 2.75) is 12.8 Å². The van der Waals surface area contributed by atoms with Crippen LogP contribution < -0.4 is 10.1 Å². The van der Waals surface area contributed by atoms with Crippen LogP contribution in [0.5, 0.6) is 5.75 Å². The standard InChI is InChI=1S/C14H19ClN2O3/c1-17(2)14(19)10-16-13(18)8-5-9-20-12-7-4-3-6-11(12)15/h3-4,6-7H,5,8-10H2,1-2H3,(H,16,18). The van der Waals surface area contributed by atoms with Crippen molar-refractivity contribution in [3.8, 4) is 5.75 Å². The van der Waals surface area contributed by atoms with Gasteiger partial charge in [0.15, 0.2) is 0 Å². The van der Waals surface area contributed by atoms with E-state index in [1.54, 1.807) is 26.2 Å². The fourth-order valence-electron chi connectivity index (χ4n) is 1.40. The number of carbonyl (C=O) groups excluding carboxylic acids is 2. The van der Waals surface area contributed by atoms with Gasteiger partial charge in [-0.15, -0.1) is 0 Å². The predicted molar refractivity (Wildman–Crippen MR) is 77.9 cm³/mol. The van der Waals surface area contributed by atoms with Crippen molar-refractivity contribution in [3.05, 3.63) is 29.3 Å². The number of hydrogen-bond acceptors (Lipinski definition) is 3. The first-order chi connectivity index (χ1) is 9.50. The molecule has 2 amide bonds. The number of halogens is 1. The first kappa shape index (κ1) is 16.3. The summed E-state index contributed by atoms with van der Waals surface area (Å²) in [4.78, 5) is 24.2. The quantitative estimate of drug-likeness (QED) is 0.780. The second kappa shape index (κ2) is 8.43. The molecule has 0 saturated heterocycles. The number of hydrogen-bond donors (Lipinski definition) is 1. The van der Waals surface area contributed by atoms with Crippen LogP contribution in [0.2, 0.25) is 5.02 Å². The van der Waals surface area contributed by atoms with Crippen LogP contribution in [0.3, 0.4) is 0 Å². The molecule has 0 bridgehead atoms. The van der Waals surface area contributed by atoms with Crippen LogP contribution in [0.25, 0.3) is 0 Å². The minimum absolute atomic E-state index is 0.0250. The van der Waals surface area contributed by atoms with Gasteiger partial charge in [-0.3, -0.25) is 9.59 Å². The summed E-state index contributed by atoms with van der Waals surface area (Å²) in [5.74, 6) is 0.311. The Kier molecular flexibility index (Phi) is 6.87. The normalized spacial score (nSPS) is 9.95. The zero-order valence-electron chi connectivity index (χ0n) is 11.7. The molecule has 0 aliphatic heterocycles. The van der Waals surface area contributed by atoms with E-state index in [4.69, 9.17) is 16.3 Å². The van der Waals surface area contributed by atoms with E-state index in [0.29, 0.717) is 30.2 Å². The van der Waals surface area contributed by atoms with Crippen LogP contribution in [0.1, 0.15) is 12.8 Å². The lowest BCUT2D eigenvalue weighted by atomic mass is 10.3. The molecule has 110 valence electrons. The molecule has 1 aromatic rings. The second-order valence-electron chi connectivity index (χ2n) is 4.45. The van der Waals surface area contributed by atoms with Crippen molar-refractivity contribution in [2.24, 2.45) is 0 Å². The molecule has 1 N–H and O–H groups in total. The summed E-state index contributed by atoms with van der Waals surface area (Å²) >= 11 is 5.93. The van der Waals surface area contributed by atoms with Crippen LogP contribution in [0.15, 0.2) is 24.3 Å². The van der Waals surface area contributed by atoms with Crippen molar-refractivity contribution in [1.82, 2.24) is 10.2 Å². The molecule has 1 rings (SSSR count). The third-order valence-electron chi connectivity index (χ3n) is 2.58. The number of nitrogens with zero attached hydrogens (tertiary/aromatic N) is 1. The lowest BCUT2D eigenvalue weighted by Gasteiger charge is -2.11. The summed E-state index contributed by atoms with van der Waals surface area (Å²) in [5.41, 5.74) is 0. The Morgan fingerprint density at radius 3 is 2.65 bits per heavy atom. The van der Waals surface area contributed by atoms with E-state index in [0.717, 1.165) is 0 Å². The van der Waals surface area contributed by atoms with Crippen LogP contribution in [0, 0.1) is 0 Å². The highest BCUT2D eigenvalue weighted by molar-refractivity contribution is 6.32. The highest BCUT2D eigenvalue weighted by Gasteiger charge is 2.07. The lowest BCUT2D eigenvalue weighted by Crippen LogP contribution is -2.36. The topological polar surface area (TPSA) is 58.6 Å². The van der Waals surface area contributed by atoms with Crippen LogP contribution >= 0.6 is 11.6 Å². The summed E-state index contributed by atoms with van der Waals surface area (Å²) in [7, 11) is 3.29. The van der Waals surface area contributed by atoms with Gasteiger partial charge in [-0.25, -0.2) is 0 Å². The monoisotopic (exact) mass is 298 g/mol. The Labute approximate surface area is 123 Å². The van der Waals surface area contributed by atoms with E-state index in [9.17, 15) is 9.59 Å². The summed E-state index contributed by atoms with van der Waals surface area (Å²) in [6.07, 6.45) is 0.873. The summed E-state index contributed by atoms with van der Waals surface area (Å²) in [5, 5.41) is 3.11. The van der Waals surface area contributed by atoms with Crippen molar-refractivity contribution in [1.29, 1.82) is 0 Å². The molecular formula is C14H19ClN2O3. The van der Waals surface area contributed by atoms with Crippen LogP contribution in [-0.2, 0) is 9.59 Å². The third-order valence-corrected chi connectivity index (χ3v) is 2.89. The zero-order chi connectivity index (χ0) is 15.0. The molecule has 0 aliphatic rings. The lowest BCUT2D eigenvalue weighted by molar-refractivity contribution is -0.130. The number of ether oxygens (including phenoxy) is 1. The molecule has 0 saturated carbocycles. The molecule has 0 radical (unpaired) electrons. The second-order valence-corrected chi connectivity index (χ2v) is 4.85. The van der Waals surface area contributed by atoms with Crippen molar-refractivity contribution < 1.29 is 14.3 Å². The molecule has 1 aromatic carbocycles. The molecule has 0 unspecified atom stereocenters. The van der Waals surface area contributed by atoms with Crippen LogP contribution in [-0.4, -0.2) is 44.0 Å². The van der Waals surface area contributed by atoms with Gasteiger partial charge in [-0.05, 0) is 18.6 Å². The first-order valence-corrected chi connectivity index (χ1v) is 6.72. The number of amides is 2. The summed E-state index contributed by atoms with van der Waals surface area (Å²) in [6.45, 7) is 0.427. The van der Waals surface area contributed by atoms with Gasteiger partial charge in [-0.2, -0.15) is 0 Å². The van der Waals surface area contributed by atoms with Gasteiger partial charge < -0.3 is 15.0 Å². The van der Waals surface area contributed by atoms with Gasteiger partial charge in [0, 0.05) is 20.5 Å². The zero-order valence-corrected chi connectivity index (χ0v) is 12.4. The van der Waals surface area contributed by atoms with E-state index in [1.165, 1.54) is 4.90 Å². The average molecular weight is 299 g/mol. The maximum absolute atomic E-state index is 11.5. The minimum atomic E-state index is -0.164. The first-order valence-electron chi connectivity index (χ1n) is 6.35. The van der Waals surface area contributed by atoms with Gasteiger partial charge in [0.05, 0.1) is 18.2 Å². The fourth-order valence-corrected chi connectivity index (χ4v) is 1.59. The van der Waals surface area contributed by atoms with Gasteiger partial charge >= 0.3 is 0 Å². The molecule has 0 spiro atoms. The number of nitrogens with one attached hydrogen (secondary N) is 1. The van der Waals surface area contributed by atoms with Crippen molar-refractivity contribution >= 4 is 23.4 Å². The number of rotatable bonds is 7. The van der Waals surface area contributed by atoms with Gasteiger partial charge in [-0.1, -0.05) is 23.7 Å². The molecule has 0 heterocycles. The Hall–Kier alpha value is -1.75. The Bertz CT molecular complexity index is 463. The highest BCUT2D eigenvalue weighted by Crippen LogP contribution is 2.23. The SMILES string of the molecule is CN(C)C(=O)CNC(=O)CCCOc1ccccc1Cl. The van der Waals surface area contributed by atoms with Gasteiger partial charge in [0.25, 0.3) is 0 Å². The van der Waals surface area contributed by atoms with E-state index < -0.39 is 0 Å². The van der Waals surface area contributed by atoms with Crippen LogP contribution in [0.4, 0.5) is 0 Å². The summed E-state index contributed by atoms with van der Waals surface area (Å²) in [6, 6.07) is 7.18. The molecule has 0 aromatic heterocycles. The highest BCUT2D eigenvalue weighted by atomic mass is 35.5. The van der Waals surface area contributed by atoms with E-state index in [-0.39, 0.29) is 18.4 Å². The predicted octanol–water partition coefficient (Wildman–Crippen LogP) is 1.70. The summed E-state index contributed by atoms with van der Waals surface area (Å²) < 4.78 is 5.46. The Morgan fingerprint density at radius 1 is 1.30 bits per heavy atom. The molecule has 6 heteroatoms. The smallest absolute Gasteiger partial charge is 0.241 e. The van der Waals surface area contributed by atoms with Crippen molar-refractivity contribution in [3.63, 3.8) is 0 Å². The van der Waals surface area contributed by atoms with E-state index in [2.05, 4.69) is 5.32 Å². The maximum atomic E-state index is 11.5.